The third-order valence-corrected chi connectivity index (χ3v) is 3.56. The fourth-order valence-corrected chi connectivity index (χ4v) is 2.65. The minimum atomic E-state index is -2.15. The van der Waals surface area contributed by atoms with Crippen LogP contribution in [0.1, 0.15) is 0 Å². The molecule has 8 nitrogen and oxygen atoms in total. The van der Waals surface area contributed by atoms with Crippen LogP contribution in [-0.2, 0) is 0 Å². The molecule has 0 fully saturated rings. The summed E-state index contributed by atoms with van der Waals surface area (Å²) in [5, 5.41) is 21.7. The number of nitro benzene ring substituents is 2. The van der Waals surface area contributed by atoms with Crippen LogP contribution in [0.4, 0.5) is 11.4 Å². The smallest absolute Gasteiger partial charge is 0.401 e. The Bertz CT molecular complexity index is 654. The van der Waals surface area contributed by atoms with E-state index in [-0.39, 0.29) is 22.9 Å². The molecule has 0 unspecified atom stereocenters. The Hall–Kier alpha value is -2.44. The molecule has 0 N–H and O–H groups in total. The molecule has 0 saturated heterocycles. The summed E-state index contributed by atoms with van der Waals surface area (Å²) in [5.41, 5.74) is -0.552. The second kappa shape index (κ2) is 7.02. The molecule has 2 aromatic carbocycles. The molecular formula is C12H8ClN2O6P. The quantitative estimate of drug-likeness (QED) is 0.437. The molecule has 0 radical (unpaired) electrons. The molecule has 0 aromatic heterocycles. The summed E-state index contributed by atoms with van der Waals surface area (Å²) < 4.78 is 10.4. The van der Waals surface area contributed by atoms with Gasteiger partial charge >= 0.3 is 19.1 Å². The SMILES string of the molecule is O=[N+]([O-])c1ccccc1OP(Cl)Oc1ccccc1[N+](=O)[O-]. The molecule has 0 saturated carbocycles. The molecule has 0 atom stereocenters. The van der Waals surface area contributed by atoms with Gasteiger partial charge in [-0.1, -0.05) is 24.3 Å². The van der Waals surface area contributed by atoms with Gasteiger partial charge in [0.1, 0.15) is 0 Å². The molecule has 0 heterocycles. The second-order valence-electron chi connectivity index (χ2n) is 3.84. The summed E-state index contributed by atoms with van der Waals surface area (Å²) in [6.07, 6.45) is 0. The second-order valence-corrected chi connectivity index (χ2v) is 5.46. The largest absolute Gasteiger partial charge is 0.420 e. The van der Waals surface area contributed by atoms with E-state index in [2.05, 4.69) is 0 Å². The van der Waals surface area contributed by atoms with E-state index in [0.717, 1.165) is 0 Å². The zero-order chi connectivity index (χ0) is 16.1. The van der Waals surface area contributed by atoms with E-state index in [1.807, 2.05) is 0 Å². The van der Waals surface area contributed by atoms with Gasteiger partial charge in [0.2, 0.25) is 11.5 Å². The third kappa shape index (κ3) is 3.81. The van der Waals surface area contributed by atoms with E-state index < -0.39 is 17.6 Å². The Morgan fingerprint density at radius 1 is 0.818 bits per heavy atom. The van der Waals surface area contributed by atoms with Gasteiger partial charge in [-0.15, -0.1) is 0 Å². The standard InChI is InChI=1S/C12H8ClN2O6P/c13-22(20-11-7-3-1-5-9(11)14(16)17)21-12-8-4-2-6-10(12)15(18)19/h1-8H. The van der Waals surface area contributed by atoms with Gasteiger partial charge in [-0.2, -0.15) is 0 Å². The van der Waals surface area contributed by atoms with E-state index in [1.165, 1.54) is 48.5 Å². The summed E-state index contributed by atoms with van der Waals surface area (Å²) in [4.78, 5) is 20.5. The average Bonchev–Trinajstić information content (AvgIpc) is 2.47. The van der Waals surface area contributed by atoms with E-state index in [1.54, 1.807) is 0 Å². The lowest BCUT2D eigenvalue weighted by Crippen LogP contribution is -1.97. The number of nitro groups is 2. The third-order valence-electron chi connectivity index (χ3n) is 2.46. The highest BCUT2D eigenvalue weighted by molar-refractivity contribution is 7.76. The maximum atomic E-state index is 10.9. The molecule has 0 aliphatic carbocycles. The van der Waals surface area contributed by atoms with Crippen LogP contribution >= 0.6 is 19.0 Å². The van der Waals surface area contributed by atoms with Crippen molar-refractivity contribution in [2.45, 2.75) is 0 Å². The van der Waals surface area contributed by atoms with Crippen molar-refractivity contribution in [2.24, 2.45) is 0 Å². The Balaban J connectivity index is 2.16. The summed E-state index contributed by atoms with van der Waals surface area (Å²) >= 11 is 5.88. The highest BCUT2D eigenvalue weighted by Gasteiger charge is 2.23. The summed E-state index contributed by atoms with van der Waals surface area (Å²) in [7, 11) is -2.15. The van der Waals surface area contributed by atoms with Crippen molar-refractivity contribution in [3.63, 3.8) is 0 Å². The topological polar surface area (TPSA) is 105 Å². The molecule has 22 heavy (non-hydrogen) atoms. The Kier molecular flexibility index (Phi) is 5.08. The Labute approximate surface area is 130 Å². The maximum Gasteiger partial charge on any atom is 0.401 e. The van der Waals surface area contributed by atoms with Gasteiger partial charge in [0.25, 0.3) is 0 Å². The van der Waals surface area contributed by atoms with Crippen LogP contribution in [0.3, 0.4) is 0 Å². The first-order chi connectivity index (χ1) is 10.5. The number of hydrogen-bond donors (Lipinski definition) is 0. The minimum Gasteiger partial charge on any atom is -0.420 e. The fourth-order valence-electron chi connectivity index (χ4n) is 1.54. The van der Waals surface area contributed by atoms with Crippen molar-refractivity contribution in [2.75, 3.05) is 0 Å². The number of rotatable bonds is 6. The van der Waals surface area contributed by atoms with Crippen molar-refractivity contribution in [3.05, 3.63) is 68.8 Å². The lowest BCUT2D eigenvalue weighted by Gasteiger charge is -2.12. The van der Waals surface area contributed by atoms with E-state index in [4.69, 9.17) is 20.3 Å². The maximum absolute atomic E-state index is 10.9. The van der Waals surface area contributed by atoms with Gasteiger partial charge in [-0.25, -0.2) is 0 Å². The number of nitrogens with zero attached hydrogens (tertiary/aromatic N) is 2. The predicted octanol–water partition coefficient (Wildman–Crippen LogP) is 4.43. The lowest BCUT2D eigenvalue weighted by molar-refractivity contribution is -0.385. The molecular weight excluding hydrogens is 335 g/mol. The highest BCUT2D eigenvalue weighted by atomic mass is 35.7. The molecule has 114 valence electrons. The summed E-state index contributed by atoms with van der Waals surface area (Å²) in [6, 6.07) is 11.2. The van der Waals surface area contributed by atoms with Crippen molar-refractivity contribution in [3.8, 4) is 11.5 Å². The molecule has 0 amide bonds. The zero-order valence-electron chi connectivity index (χ0n) is 10.8. The lowest BCUT2D eigenvalue weighted by atomic mass is 10.3. The summed E-state index contributed by atoms with van der Waals surface area (Å²) in [5.74, 6) is -0.153. The minimum absolute atomic E-state index is 0.0767. The van der Waals surface area contributed by atoms with Crippen LogP contribution < -0.4 is 9.05 Å². The predicted molar refractivity (Wildman–Crippen MR) is 80.2 cm³/mol. The number of benzene rings is 2. The number of para-hydroxylation sites is 4. The van der Waals surface area contributed by atoms with Gasteiger partial charge in [-0.05, 0) is 23.4 Å². The van der Waals surface area contributed by atoms with Crippen molar-refractivity contribution >= 4 is 30.3 Å². The zero-order valence-corrected chi connectivity index (χ0v) is 12.4. The van der Waals surface area contributed by atoms with Crippen LogP contribution in [0.2, 0.25) is 0 Å². The average molecular weight is 343 g/mol. The molecule has 0 spiro atoms. The Morgan fingerprint density at radius 3 is 1.55 bits per heavy atom. The molecule has 0 bridgehead atoms. The molecule has 10 heteroatoms. The highest BCUT2D eigenvalue weighted by Crippen LogP contribution is 2.48. The number of halogens is 1. The van der Waals surface area contributed by atoms with Crippen LogP contribution in [0.15, 0.2) is 48.5 Å². The molecule has 0 aliphatic heterocycles. The van der Waals surface area contributed by atoms with Crippen LogP contribution in [0.25, 0.3) is 0 Å². The molecule has 2 rings (SSSR count). The van der Waals surface area contributed by atoms with Crippen molar-refractivity contribution in [1.82, 2.24) is 0 Å². The van der Waals surface area contributed by atoms with Gasteiger partial charge < -0.3 is 9.05 Å². The first-order valence-corrected chi connectivity index (χ1v) is 7.86. The monoisotopic (exact) mass is 342 g/mol. The van der Waals surface area contributed by atoms with Gasteiger partial charge in [0.05, 0.1) is 9.85 Å². The van der Waals surface area contributed by atoms with Crippen LogP contribution in [0, 0.1) is 20.2 Å². The van der Waals surface area contributed by atoms with E-state index in [9.17, 15) is 20.2 Å². The van der Waals surface area contributed by atoms with Crippen LogP contribution in [-0.4, -0.2) is 9.85 Å². The van der Waals surface area contributed by atoms with Gasteiger partial charge in [-0.3, -0.25) is 20.2 Å². The van der Waals surface area contributed by atoms with Gasteiger partial charge in [0.15, 0.2) is 0 Å². The first-order valence-electron chi connectivity index (χ1n) is 5.77. The van der Waals surface area contributed by atoms with Crippen molar-refractivity contribution in [1.29, 1.82) is 0 Å². The van der Waals surface area contributed by atoms with Crippen molar-refractivity contribution < 1.29 is 18.9 Å². The Morgan fingerprint density at radius 2 is 1.18 bits per heavy atom. The molecule has 2 aromatic rings. The van der Waals surface area contributed by atoms with Crippen LogP contribution in [0.5, 0.6) is 11.5 Å². The van der Waals surface area contributed by atoms with E-state index in [0.29, 0.717) is 0 Å². The normalized spacial score (nSPS) is 10.3. The fraction of sp³-hybridized carbons (Fsp3) is 0. The van der Waals surface area contributed by atoms with Gasteiger partial charge in [0, 0.05) is 12.1 Å². The number of hydrogen-bond acceptors (Lipinski definition) is 6. The van der Waals surface area contributed by atoms with E-state index >= 15 is 0 Å². The summed E-state index contributed by atoms with van der Waals surface area (Å²) in [6.45, 7) is 0. The molecule has 0 aliphatic rings. The first kappa shape index (κ1) is 15.9.